The van der Waals surface area contributed by atoms with Gasteiger partial charge >= 0.3 is 0 Å². The molecule has 0 spiro atoms. The molecule has 1 aromatic heterocycles. The highest BCUT2D eigenvalue weighted by atomic mass is 15.3. The van der Waals surface area contributed by atoms with Crippen LogP contribution in [0.3, 0.4) is 0 Å². The smallest absolute Gasteiger partial charge is 0.0547 e. The van der Waals surface area contributed by atoms with Crippen molar-refractivity contribution in [2.45, 2.75) is 20.0 Å². The Morgan fingerprint density at radius 2 is 1.78 bits per heavy atom. The van der Waals surface area contributed by atoms with E-state index >= 15 is 0 Å². The highest BCUT2D eigenvalue weighted by Crippen LogP contribution is 2.07. The van der Waals surface area contributed by atoms with E-state index < -0.39 is 0 Å². The first kappa shape index (κ1) is 13.5. The van der Waals surface area contributed by atoms with Crippen LogP contribution in [0.5, 0.6) is 0 Å². The molecule has 1 fully saturated rings. The Labute approximate surface area is 110 Å². The number of aromatic nitrogens is 1. The summed E-state index contributed by atoms with van der Waals surface area (Å²) in [6.07, 6.45) is 0. The van der Waals surface area contributed by atoms with Crippen molar-refractivity contribution in [1.29, 1.82) is 0 Å². The number of likely N-dealkylation sites (N-methyl/N-ethyl adjacent to an activating group) is 1. The van der Waals surface area contributed by atoms with Gasteiger partial charge in [-0.05, 0) is 25.7 Å². The Morgan fingerprint density at radius 3 is 2.44 bits per heavy atom. The van der Waals surface area contributed by atoms with Crippen molar-refractivity contribution in [1.82, 2.24) is 20.1 Å². The van der Waals surface area contributed by atoms with E-state index in [-0.39, 0.29) is 0 Å². The summed E-state index contributed by atoms with van der Waals surface area (Å²) < 4.78 is 0. The van der Waals surface area contributed by atoms with Crippen molar-refractivity contribution < 1.29 is 0 Å². The number of hydrogen-bond donors (Lipinski definition) is 1. The first-order valence-corrected chi connectivity index (χ1v) is 6.86. The van der Waals surface area contributed by atoms with Gasteiger partial charge in [-0.2, -0.15) is 0 Å². The standard InChI is InChI=1S/C14H24N4/c1-3-17-7-9-18(10-8-17)12-14-6-4-5-13(16-14)11-15-2/h4-6,15H,3,7-12H2,1-2H3. The predicted molar refractivity (Wildman–Crippen MR) is 74.4 cm³/mol. The highest BCUT2D eigenvalue weighted by Gasteiger charge is 2.15. The van der Waals surface area contributed by atoms with Gasteiger partial charge in [-0.25, -0.2) is 0 Å². The summed E-state index contributed by atoms with van der Waals surface area (Å²) in [4.78, 5) is 9.68. The van der Waals surface area contributed by atoms with Crippen LogP contribution in [0, 0.1) is 0 Å². The molecule has 0 radical (unpaired) electrons. The van der Waals surface area contributed by atoms with Gasteiger partial charge < -0.3 is 10.2 Å². The molecule has 0 bridgehead atoms. The fourth-order valence-electron chi connectivity index (χ4n) is 2.39. The van der Waals surface area contributed by atoms with Crippen LogP contribution in [-0.4, -0.2) is 54.6 Å². The quantitative estimate of drug-likeness (QED) is 0.840. The zero-order valence-corrected chi connectivity index (χ0v) is 11.5. The summed E-state index contributed by atoms with van der Waals surface area (Å²) in [7, 11) is 1.96. The Bertz CT molecular complexity index is 359. The molecule has 0 saturated carbocycles. The van der Waals surface area contributed by atoms with Crippen molar-refractivity contribution in [3.63, 3.8) is 0 Å². The summed E-state index contributed by atoms with van der Waals surface area (Å²) >= 11 is 0. The highest BCUT2D eigenvalue weighted by molar-refractivity contribution is 5.11. The summed E-state index contributed by atoms with van der Waals surface area (Å²) in [6.45, 7) is 9.92. The third kappa shape index (κ3) is 3.77. The Balaban J connectivity index is 1.87. The van der Waals surface area contributed by atoms with Gasteiger partial charge in [0.25, 0.3) is 0 Å². The van der Waals surface area contributed by atoms with Crippen molar-refractivity contribution in [3.05, 3.63) is 29.6 Å². The second kappa shape index (κ2) is 6.83. The van der Waals surface area contributed by atoms with Crippen LogP contribution in [0.2, 0.25) is 0 Å². The maximum Gasteiger partial charge on any atom is 0.0547 e. The second-order valence-electron chi connectivity index (χ2n) is 4.86. The molecule has 1 saturated heterocycles. The average molecular weight is 248 g/mol. The van der Waals surface area contributed by atoms with Crippen LogP contribution in [0.4, 0.5) is 0 Å². The molecule has 1 aliphatic heterocycles. The molecule has 4 heteroatoms. The molecule has 1 N–H and O–H groups in total. The fourth-order valence-corrected chi connectivity index (χ4v) is 2.39. The van der Waals surface area contributed by atoms with E-state index in [9.17, 15) is 0 Å². The van der Waals surface area contributed by atoms with Crippen molar-refractivity contribution in [2.24, 2.45) is 0 Å². The molecular weight excluding hydrogens is 224 g/mol. The first-order chi connectivity index (χ1) is 8.81. The van der Waals surface area contributed by atoms with E-state index in [4.69, 9.17) is 0 Å². The Morgan fingerprint density at radius 1 is 1.11 bits per heavy atom. The molecule has 0 amide bonds. The lowest BCUT2D eigenvalue weighted by Crippen LogP contribution is -2.45. The molecule has 0 aliphatic carbocycles. The molecule has 0 unspecified atom stereocenters. The van der Waals surface area contributed by atoms with Crippen LogP contribution < -0.4 is 5.32 Å². The fraction of sp³-hybridized carbons (Fsp3) is 0.643. The monoisotopic (exact) mass is 248 g/mol. The molecular formula is C14H24N4. The molecule has 1 aromatic rings. The van der Waals surface area contributed by atoms with Gasteiger partial charge in [0, 0.05) is 39.3 Å². The zero-order valence-electron chi connectivity index (χ0n) is 11.5. The van der Waals surface area contributed by atoms with Gasteiger partial charge in [0.2, 0.25) is 0 Å². The molecule has 100 valence electrons. The minimum Gasteiger partial charge on any atom is -0.314 e. The lowest BCUT2D eigenvalue weighted by molar-refractivity contribution is 0.131. The third-order valence-electron chi connectivity index (χ3n) is 3.52. The summed E-state index contributed by atoms with van der Waals surface area (Å²) in [5, 5.41) is 3.15. The van der Waals surface area contributed by atoms with Crippen LogP contribution in [0.25, 0.3) is 0 Å². The molecule has 1 aliphatic rings. The Hall–Kier alpha value is -0.970. The van der Waals surface area contributed by atoms with Gasteiger partial charge in [0.05, 0.1) is 11.4 Å². The first-order valence-electron chi connectivity index (χ1n) is 6.86. The van der Waals surface area contributed by atoms with E-state index in [0.29, 0.717) is 0 Å². The number of rotatable bonds is 5. The van der Waals surface area contributed by atoms with Gasteiger partial charge in [0.15, 0.2) is 0 Å². The van der Waals surface area contributed by atoms with Crippen molar-refractivity contribution in [2.75, 3.05) is 39.8 Å². The van der Waals surface area contributed by atoms with Gasteiger partial charge in [-0.15, -0.1) is 0 Å². The number of piperazine rings is 1. The predicted octanol–water partition coefficient (Wildman–Crippen LogP) is 0.938. The molecule has 2 heterocycles. The van der Waals surface area contributed by atoms with E-state index in [1.54, 1.807) is 0 Å². The molecule has 4 nitrogen and oxygen atoms in total. The van der Waals surface area contributed by atoms with E-state index in [2.05, 4.69) is 45.2 Å². The van der Waals surface area contributed by atoms with Crippen LogP contribution in [0.1, 0.15) is 18.3 Å². The third-order valence-corrected chi connectivity index (χ3v) is 3.52. The van der Waals surface area contributed by atoms with Crippen molar-refractivity contribution in [3.8, 4) is 0 Å². The molecule has 0 aromatic carbocycles. The molecule has 2 rings (SSSR count). The van der Waals surface area contributed by atoms with E-state index in [1.165, 1.54) is 25.3 Å². The summed E-state index contributed by atoms with van der Waals surface area (Å²) in [5.41, 5.74) is 2.31. The summed E-state index contributed by atoms with van der Waals surface area (Å²) in [5.74, 6) is 0. The number of nitrogens with zero attached hydrogens (tertiary/aromatic N) is 3. The minimum absolute atomic E-state index is 0.845. The number of nitrogens with one attached hydrogen (secondary N) is 1. The topological polar surface area (TPSA) is 31.4 Å². The van der Waals surface area contributed by atoms with Crippen molar-refractivity contribution >= 4 is 0 Å². The van der Waals surface area contributed by atoms with Gasteiger partial charge in [0.1, 0.15) is 0 Å². The van der Waals surface area contributed by atoms with Gasteiger partial charge in [-0.3, -0.25) is 9.88 Å². The largest absolute Gasteiger partial charge is 0.314 e. The zero-order chi connectivity index (χ0) is 12.8. The molecule has 18 heavy (non-hydrogen) atoms. The van der Waals surface area contributed by atoms with Crippen LogP contribution in [-0.2, 0) is 13.1 Å². The second-order valence-corrected chi connectivity index (χ2v) is 4.86. The maximum absolute atomic E-state index is 4.68. The Kier molecular flexibility index (Phi) is 5.11. The minimum atomic E-state index is 0.845. The lowest BCUT2D eigenvalue weighted by Gasteiger charge is -2.33. The summed E-state index contributed by atoms with van der Waals surface area (Å²) in [6, 6.07) is 6.32. The van der Waals surface area contributed by atoms with Crippen LogP contribution >= 0.6 is 0 Å². The van der Waals surface area contributed by atoms with E-state index in [1.807, 2.05) is 7.05 Å². The number of hydrogen-bond acceptors (Lipinski definition) is 4. The normalized spacial score (nSPS) is 18.1. The van der Waals surface area contributed by atoms with E-state index in [0.717, 1.165) is 31.9 Å². The maximum atomic E-state index is 4.68. The SMILES string of the molecule is CCN1CCN(Cc2cccc(CNC)n2)CC1. The lowest BCUT2D eigenvalue weighted by atomic mass is 10.2. The van der Waals surface area contributed by atoms with Gasteiger partial charge in [-0.1, -0.05) is 13.0 Å². The number of pyridine rings is 1. The van der Waals surface area contributed by atoms with Crippen LogP contribution in [0.15, 0.2) is 18.2 Å². The molecule has 0 atom stereocenters. The average Bonchev–Trinajstić information content (AvgIpc) is 2.40.